The average molecular weight is 566 g/mol. The van der Waals surface area contributed by atoms with Crippen molar-refractivity contribution in [2.45, 2.75) is 45.5 Å². The third-order valence-electron chi connectivity index (χ3n) is 7.28. The van der Waals surface area contributed by atoms with Gasteiger partial charge in [-0.2, -0.15) is 0 Å². The molecule has 0 spiro atoms. The van der Waals surface area contributed by atoms with Crippen molar-refractivity contribution in [3.63, 3.8) is 0 Å². The molecule has 5 rings (SSSR count). The van der Waals surface area contributed by atoms with Gasteiger partial charge in [-0.25, -0.2) is 4.68 Å². The predicted octanol–water partition coefficient (Wildman–Crippen LogP) is 1.32. The van der Waals surface area contributed by atoms with Gasteiger partial charge < -0.3 is 29.5 Å². The van der Waals surface area contributed by atoms with E-state index in [9.17, 15) is 14.7 Å². The molecule has 218 valence electrons. The number of nitrogens with zero attached hydrogens (tertiary/aromatic N) is 6. The van der Waals surface area contributed by atoms with Gasteiger partial charge in [0, 0.05) is 36.8 Å². The fraction of sp³-hybridized carbons (Fsp3) is 0.464. The van der Waals surface area contributed by atoms with Gasteiger partial charge >= 0.3 is 0 Å². The van der Waals surface area contributed by atoms with E-state index in [1.807, 2.05) is 32.2 Å². The van der Waals surface area contributed by atoms with Crippen LogP contribution in [0.3, 0.4) is 0 Å². The Morgan fingerprint density at radius 3 is 2.78 bits per heavy atom. The third kappa shape index (κ3) is 6.92. The number of fused-ring (bicyclic) bond motifs is 2. The van der Waals surface area contributed by atoms with Crippen molar-refractivity contribution in [3.8, 4) is 17.2 Å². The van der Waals surface area contributed by atoms with Crippen LogP contribution in [0.1, 0.15) is 25.0 Å². The molecule has 0 bridgehead atoms. The van der Waals surface area contributed by atoms with Gasteiger partial charge in [0.25, 0.3) is 0 Å². The van der Waals surface area contributed by atoms with E-state index in [2.05, 4.69) is 32.7 Å². The number of nitrogens with one attached hydrogen (secondary N) is 1. The molecule has 2 aromatic carbocycles. The highest BCUT2D eigenvalue weighted by atomic mass is 16.7. The van der Waals surface area contributed by atoms with Crippen LogP contribution in [0.5, 0.6) is 17.2 Å². The maximum atomic E-state index is 13.5. The summed E-state index contributed by atoms with van der Waals surface area (Å²) in [6.07, 6.45) is 1.17. The molecule has 41 heavy (non-hydrogen) atoms. The van der Waals surface area contributed by atoms with E-state index >= 15 is 0 Å². The fourth-order valence-corrected chi connectivity index (χ4v) is 5.05. The van der Waals surface area contributed by atoms with Gasteiger partial charge in [-0.1, -0.05) is 13.0 Å². The van der Waals surface area contributed by atoms with Crippen molar-refractivity contribution in [2.24, 2.45) is 5.92 Å². The summed E-state index contributed by atoms with van der Waals surface area (Å²) >= 11 is 0. The molecule has 13 heteroatoms. The van der Waals surface area contributed by atoms with Gasteiger partial charge in [0.15, 0.2) is 11.5 Å². The molecule has 0 saturated heterocycles. The molecule has 3 aromatic rings. The second-order valence-corrected chi connectivity index (χ2v) is 10.7. The Bertz CT molecular complexity index is 1370. The van der Waals surface area contributed by atoms with Crippen LogP contribution in [-0.2, 0) is 29.1 Å². The number of likely N-dealkylation sites (N-methyl/N-ethyl adjacent to an activating group) is 1. The van der Waals surface area contributed by atoms with Crippen LogP contribution < -0.4 is 19.5 Å². The molecular formula is C28H35N7O6. The number of aliphatic hydroxyl groups is 1. The Morgan fingerprint density at radius 2 is 2.00 bits per heavy atom. The Morgan fingerprint density at radius 1 is 1.20 bits per heavy atom. The first-order valence-corrected chi connectivity index (χ1v) is 13.6. The number of aliphatic hydroxyl groups excluding tert-OH is 1. The van der Waals surface area contributed by atoms with E-state index in [-0.39, 0.29) is 56.2 Å². The molecule has 0 fully saturated rings. The topological polar surface area (TPSA) is 144 Å². The summed E-state index contributed by atoms with van der Waals surface area (Å²) in [5, 5.41) is 23.5. The first kappa shape index (κ1) is 28.3. The number of hydrogen-bond donors (Lipinski definition) is 2. The van der Waals surface area contributed by atoms with E-state index in [0.29, 0.717) is 36.6 Å². The van der Waals surface area contributed by atoms with Crippen LogP contribution in [0.25, 0.3) is 0 Å². The van der Waals surface area contributed by atoms with Crippen LogP contribution in [-0.4, -0.2) is 92.6 Å². The first-order chi connectivity index (χ1) is 19.8. The number of aromatic nitrogens is 4. The summed E-state index contributed by atoms with van der Waals surface area (Å²) < 4.78 is 18.9. The minimum Gasteiger partial charge on any atom is -0.488 e. The average Bonchev–Trinajstić information content (AvgIpc) is 3.63. The lowest BCUT2D eigenvalue weighted by molar-refractivity contribution is -0.134. The Balaban J connectivity index is 1.35. The van der Waals surface area contributed by atoms with E-state index < -0.39 is 0 Å². The minimum absolute atomic E-state index is 0.0335. The highest BCUT2D eigenvalue weighted by Crippen LogP contribution is 2.33. The molecule has 0 aliphatic carbocycles. The third-order valence-corrected chi connectivity index (χ3v) is 7.28. The van der Waals surface area contributed by atoms with Gasteiger partial charge in [-0.3, -0.25) is 14.5 Å². The highest BCUT2D eigenvalue weighted by Gasteiger charge is 2.31. The number of hydrogen-bond acceptors (Lipinski definition) is 10. The number of amides is 2. The van der Waals surface area contributed by atoms with Crippen LogP contribution >= 0.6 is 0 Å². The summed E-state index contributed by atoms with van der Waals surface area (Å²) in [6.45, 7) is 5.63. The number of rotatable bonds is 9. The molecule has 3 heterocycles. The number of anilines is 1. The molecule has 0 unspecified atom stereocenters. The summed E-state index contributed by atoms with van der Waals surface area (Å²) in [4.78, 5) is 29.9. The van der Waals surface area contributed by atoms with Gasteiger partial charge in [-0.05, 0) is 60.3 Å². The number of carbonyl (C=O) groups is 2. The molecule has 1 aromatic heterocycles. The van der Waals surface area contributed by atoms with Crippen molar-refractivity contribution in [2.75, 3.05) is 38.9 Å². The zero-order valence-corrected chi connectivity index (χ0v) is 23.4. The van der Waals surface area contributed by atoms with Crippen molar-refractivity contribution in [3.05, 3.63) is 53.9 Å². The zero-order valence-electron chi connectivity index (χ0n) is 23.4. The van der Waals surface area contributed by atoms with Crippen LogP contribution in [0.2, 0.25) is 0 Å². The molecule has 2 N–H and O–H groups in total. The summed E-state index contributed by atoms with van der Waals surface area (Å²) in [6, 6.07) is 10.9. The molecule has 3 atom stereocenters. The molecule has 2 aliphatic rings. The fourth-order valence-electron chi connectivity index (χ4n) is 5.05. The number of carbonyl (C=O) groups excluding carboxylic acids is 2. The number of benzene rings is 2. The summed E-state index contributed by atoms with van der Waals surface area (Å²) in [5.74, 6) is 1.62. The maximum absolute atomic E-state index is 13.5. The largest absolute Gasteiger partial charge is 0.488 e. The van der Waals surface area contributed by atoms with Gasteiger partial charge in [0.2, 0.25) is 18.6 Å². The van der Waals surface area contributed by atoms with E-state index in [1.54, 1.807) is 23.1 Å². The Kier molecular flexibility index (Phi) is 8.64. The molecule has 0 radical (unpaired) electrons. The minimum atomic E-state index is -0.349. The highest BCUT2D eigenvalue weighted by molar-refractivity contribution is 5.91. The van der Waals surface area contributed by atoms with Gasteiger partial charge in [-0.15, -0.1) is 5.10 Å². The van der Waals surface area contributed by atoms with E-state index in [4.69, 9.17) is 14.2 Å². The van der Waals surface area contributed by atoms with Crippen LogP contribution in [0.4, 0.5) is 5.69 Å². The second kappa shape index (κ2) is 12.5. The lowest BCUT2D eigenvalue weighted by Gasteiger charge is -2.34. The molecule has 2 aliphatic heterocycles. The van der Waals surface area contributed by atoms with Gasteiger partial charge in [0.1, 0.15) is 24.7 Å². The number of ether oxygens (including phenoxy) is 3. The molecule has 13 nitrogen and oxygen atoms in total. The van der Waals surface area contributed by atoms with Crippen molar-refractivity contribution < 1.29 is 28.9 Å². The normalized spacial score (nSPS) is 19.1. The summed E-state index contributed by atoms with van der Waals surface area (Å²) in [7, 11) is 2.02. The van der Waals surface area contributed by atoms with Crippen LogP contribution in [0, 0.1) is 5.92 Å². The molecule has 0 saturated carbocycles. The molecule has 2 amide bonds. The van der Waals surface area contributed by atoms with Gasteiger partial charge in [0.05, 0.1) is 19.1 Å². The summed E-state index contributed by atoms with van der Waals surface area (Å²) in [5.41, 5.74) is 2.27. The van der Waals surface area contributed by atoms with E-state index in [0.717, 1.165) is 17.1 Å². The van der Waals surface area contributed by atoms with Crippen molar-refractivity contribution in [1.29, 1.82) is 0 Å². The monoisotopic (exact) mass is 565 g/mol. The number of tetrazole rings is 1. The van der Waals surface area contributed by atoms with E-state index in [1.165, 1.54) is 11.0 Å². The maximum Gasteiger partial charge on any atom is 0.246 e. The Hall–Kier alpha value is -4.23. The lowest BCUT2D eigenvalue weighted by Crippen LogP contribution is -2.47. The predicted molar refractivity (Wildman–Crippen MR) is 147 cm³/mol. The zero-order chi connectivity index (χ0) is 28.9. The second-order valence-electron chi connectivity index (χ2n) is 10.7. The van der Waals surface area contributed by atoms with Crippen LogP contribution in [0.15, 0.2) is 42.7 Å². The molecular weight excluding hydrogens is 530 g/mol. The SMILES string of the molecule is C[C@H](CO)N1C[C@H](C)[C@@H](CN(C)Cc2ccc3c(c2)OCO3)Oc2ccc(NC(=O)Cn3cnnn3)cc2CC1=O. The first-order valence-electron chi connectivity index (χ1n) is 13.6. The smallest absolute Gasteiger partial charge is 0.246 e. The van der Waals surface area contributed by atoms with Crippen molar-refractivity contribution >= 4 is 17.5 Å². The van der Waals surface area contributed by atoms with Crippen molar-refractivity contribution in [1.82, 2.24) is 30.0 Å². The Labute approximate surface area is 238 Å². The quantitative estimate of drug-likeness (QED) is 0.390. The lowest BCUT2D eigenvalue weighted by atomic mass is 10.0. The standard InChI is InChI=1S/C28H35N7O6/c1-18-11-35(19(2)15-36)28(38)10-21-9-22(30-27(37)14-34-16-29-31-32-34)5-7-23(21)41-26(18)13-33(3)12-20-4-6-24-25(8-20)40-17-39-24/h4-9,16,18-19,26,36H,10-15,17H2,1-3H3,(H,30,37)/t18-,19+,26+/m0/s1.